The number of anilines is 1. The summed E-state index contributed by atoms with van der Waals surface area (Å²) in [7, 11) is 0. The van der Waals surface area contributed by atoms with Gasteiger partial charge in [0.15, 0.2) is 11.2 Å². The molecule has 108 valence electrons. The Morgan fingerprint density at radius 3 is 2.80 bits per heavy atom. The lowest BCUT2D eigenvalue weighted by atomic mass is 10.5. The molecule has 0 fully saturated rings. The Morgan fingerprint density at radius 1 is 1.35 bits per heavy atom. The molecule has 10 nitrogen and oxygen atoms in total. The maximum absolute atomic E-state index is 11.7. The molecule has 0 aliphatic heterocycles. The van der Waals surface area contributed by atoms with E-state index in [1.807, 2.05) is 0 Å². The van der Waals surface area contributed by atoms with Crippen molar-refractivity contribution >= 4 is 23.1 Å². The number of nitrogen functional groups attached to an aromatic ring is 1. The second-order valence-electron chi connectivity index (χ2n) is 3.89. The Balaban J connectivity index is 2.14. The molecule has 2 rings (SSSR count). The van der Waals surface area contributed by atoms with Crippen LogP contribution >= 0.6 is 0 Å². The number of carbonyl (C=O) groups excluding carboxylic acids is 1. The third-order valence-electron chi connectivity index (χ3n) is 2.40. The van der Waals surface area contributed by atoms with E-state index >= 15 is 0 Å². The number of nitrogens with zero attached hydrogens (tertiary/aromatic N) is 2. The van der Waals surface area contributed by atoms with Crippen LogP contribution in [-0.2, 0) is 21.0 Å². The third-order valence-corrected chi connectivity index (χ3v) is 2.40. The summed E-state index contributed by atoms with van der Waals surface area (Å²) in [5.74, 6) is -0.519. The molecule has 0 aliphatic carbocycles. The van der Waals surface area contributed by atoms with Crippen LogP contribution in [0.15, 0.2) is 9.59 Å². The van der Waals surface area contributed by atoms with Crippen molar-refractivity contribution < 1.29 is 14.3 Å². The zero-order valence-corrected chi connectivity index (χ0v) is 10.6. The highest BCUT2D eigenvalue weighted by atomic mass is 16.6. The van der Waals surface area contributed by atoms with Crippen molar-refractivity contribution in [2.24, 2.45) is 0 Å². The summed E-state index contributed by atoms with van der Waals surface area (Å²) < 4.78 is 11.0. The van der Waals surface area contributed by atoms with Gasteiger partial charge >= 0.3 is 11.7 Å². The van der Waals surface area contributed by atoms with Gasteiger partial charge in [0.25, 0.3) is 5.56 Å². The molecule has 2 heterocycles. The summed E-state index contributed by atoms with van der Waals surface area (Å²) >= 11 is 0. The second-order valence-corrected chi connectivity index (χ2v) is 3.89. The Labute approximate surface area is 111 Å². The smallest absolute Gasteiger partial charge is 0.329 e. The first-order valence-corrected chi connectivity index (χ1v) is 5.68. The Morgan fingerprint density at radius 2 is 2.10 bits per heavy atom. The number of nitrogens with two attached hydrogens (primary N) is 1. The number of aromatic amines is 2. The average Bonchev–Trinajstić information content (AvgIpc) is 2.66. The van der Waals surface area contributed by atoms with Crippen LogP contribution in [0.1, 0.15) is 6.92 Å². The number of imidazole rings is 1. The first-order chi connectivity index (χ1) is 9.49. The molecule has 0 bridgehead atoms. The topological polar surface area (TPSA) is 145 Å². The fraction of sp³-hybridized carbons (Fsp3) is 0.400. The summed E-state index contributed by atoms with van der Waals surface area (Å²) in [6.45, 7) is 1.32. The van der Waals surface area contributed by atoms with Gasteiger partial charge in [-0.3, -0.25) is 24.1 Å². The summed E-state index contributed by atoms with van der Waals surface area (Å²) in [5, 5.41) is 0. The van der Waals surface area contributed by atoms with Crippen LogP contribution in [-0.4, -0.2) is 38.7 Å². The van der Waals surface area contributed by atoms with E-state index in [1.165, 1.54) is 6.92 Å². The molecule has 0 spiro atoms. The molecule has 2 aromatic rings. The van der Waals surface area contributed by atoms with Crippen LogP contribution in [0.2, 0.25) is 0 Å². The highest BCUT2D eigenvalue weighted by Gasteiger charge is 2.12. The molecule has 0 aliphatic rings. The van der Waals surface area contributed by atoms with Gasteiger partial charge in [-0.2, -0.15) is 4.98 Å². The van der Waals surface area contributed by atoms with Crippen LogP contribution in [0, 0.1) is 0 Å². The van der Waals surface area contributed by atoms with Gasteiger partial charge in [0, 0.05) is 6.92 Å². The van der Waals surface area contributed by atoms with E-state index in [-0.39, 0.29) is 37.1 Å². The van der Waals surface area contributed by atoms with Crippen LogP contribution in [0.25, 0.3) is 11.2 Å². The largest absolute Gasteiger partial charge is 0.463 e. The first kappa shape index (κ1) is 13.8. The fourth-order valence-corrected chi connectivity index (χ4v) is 1.58. The van der Waals surface area contributed by atoms with Crippen LogP contribution in [0.4, 0.5) is 5.95 Å². The summed E-state index contributed by atoms with van der Waals surface area (Å²) in [5.41, 5.74) is 4.46. The van der Waals surface area contributed by atoms with Crippen LogP contribution in [0.3, 0.4) is 0 Å². The van der Waals surface area contributed by atoms with Crippen molar-refractivity contribution in [2.45, 2.75) is 13.7 Å². The summed E-state index contributed by atoms with van der Waals surface area (Å²) in [6, 6.07) is 0. The Hall–Kier alpha value is -2.62. The quantitative estimate of drug-likeness (QED) is 0.448. The molecule has 0 atom stereocenters. The zero-order chi connectivity index (χ0) is 14.7. The van der Waals surface area contributed by atoms with Gasteiger partial charge in [0.05, 0.1) is 6.61 Å². The lowest BCUT2D eigenvalue weighted by Crippen LogP contribution is -2.20. The number of rotatable bonds is 5. The van der Waals surface area contributed by atoms with E-state index < -0.39 is 17.2 Å². The number of H-pyrrole nitrogens is 2. The van der Waals surface area contributed by atoms with Crippen LogP contribution < -0.4 is 17.0 Å². The lowest BCUT2D eigenvalue weighted by molar-refractivity contribution is -0.142. The van der Waals surface area contributed by atoms with Gasteiger partial charge in [-0.05, 0) is 0 Å². The molecule has 0 saturated carbocycles. The molecular formula is C10H13N5O5. The number of esters is 1. The van der Waals surface area contributed by atoms with Gasteiger partial charge in [-0.15, -0.1) is 0 Å². The molecule has 0 aromatic carbocycles. The lowest BCUT2D eigenvalue weighted by Gasteiger charge is -2.05. The number of ether oxygens (including phenoxy) is 2. The molecule has 2 aromatic heterocycles. The highest BCUT2D eigenvalue weighted by Crippen LogP contribution is 2.02. The molecule has 0 radical (unpaired) electrons. The minimum absolute atomic E-state index is 0.0211. The molecule has 20 heavy (non-hydrogen) atoms. The van der Waals surface area contributed by atoms with E-state index in [4.69, 9.17) is 10.5 Å². The third kappa shape index (κ3) is 2.85. The van der Waals surface area contributed by atoms with Crippen molar-refractivity contribution in [2.75, 3.05) is 18.9 Å². The number of nitrogens with one attached hydrogen (secondary N) is 2. The predicted octanol–water partition coefficient (Wildman–Crippen LogP) is -1.47. The van der Waals surface area contributed by atoms with E-state index in [0.717, 1.165) is 4.57 Å². The summed E-state index contributed by atoms with van der Waals surface area (Å²) in [6.07, 6.45) is 0. The van der Waals surface area contributed by atoms with E-state index in [1.54, 1.807) is 0 Å². The zero-order valence-electron chi connectivity index (χ0n) is 10.6. The van der Waals surface area contributed by atoms with Gasteiger partial charge in [-0.1, -0.05) is 0 Å². The number of hydrogen-bond acceptors (Lipinski definition) is 7. The van der Waals surface area contributed by atoms with E-state index in [9.17, 15) is 14.4 Å². The Kier molecular flexibility index (Phi) is 3.84. The SMILES string of the molecule is CC(=O)OCCOCn1c(=O)[nH]c2c(=O)[nH]c(N)nc21. The van der Waals surface area contributed by atoms with Crippen molar-refractivity contribution in [1.29, 1.82) is 0 Å². The van der Waals surface area contributed by atoms with Crippen molar-refractivity contribution in [3.05, 3.63) is 20.8 Å². The number of hydrogen-bond donors (Lipinski definition) is 3. The van der Waals surface area contributed by atoms with E-state index in [2.05, 4.69) is 19.7 Å². The van der Waals surface area contributed by atoms with Gasteiger partial charge in [0.1, 0.15) is 13.3 Å². The minimum Gasteiger partial charge on any atom is -0.463 e. The molecule has 0 unspecified atom stereocenters. The number of fused-ring (bicyclic) bond motifs is 1. The maximum atomic E-state index is 11.7. The number of carbonyl (C=O) groups is 1. The van der Waals surface area contributed by atoms with Gasteiger partial charge in [-0.25, -0.2) is 4.79 Å². The molecule has 0 amide bonds. The van der Waals surface area contributed by atoms with Gasteiger partial charge in [0.2, 0.25) is 5.95 Å². The fourth-order valence-electron chi connectivity index (χ4n) is 1.58. The number of aromatic nitrogens is 4. The maximum Gasteiger partial charge on any atom is 0.329 e. The molecule has 4 N–H and O–H groups in total. The minimum atomic E-state index is -0.545. The molecule has 0 saturated heterocycles. The average molecular weight is 283 g/mol. The monoisotopic (exact) mass is 283 g/mol. The Bertz CT molecular complexity index is 743. The van der Waals surface area contributed by atoms with Crippen LogP contribution in [0.5, 0.6) is 0 Å². The first-order valence-electron chi connectivity index (χ1n) is 5.68. The normalized spacial score (nSPS) is 10.8. The second kappa shape index (κ2) is 5.57. The van der Waals surface area contributed by atoms with E-state index in [0.29, 0.717) is 0 Å². The molecule has 10 heteroatoms. The van der Waals surface area contributed by atoms with Crippen molar-refractivity contribution in [3.63, 3.8) is 0 Å². The standard InChI is InChI=1S/C10H13N5O5/c1-5(16)20-3-2-19-4-15-7-6(12-10(15)18)8(17)14-9(11)13-7/h2-4H2,1H3,(H,12,18)(H3,11,13,14,17). The van der Waals surface area contributed by atoms with Gasteiger partial charge < -0.3 is 15.2 Å². The highest BCUT2D eigenvalue weighted by molar-refractivity contribution is 5.70. The van der Waals surface area contributed by atoms with Crippen molar-refractivity contribution in [3.8, 4) is 0 Å². The predicted molar refractivity (Wildman–Crippen MR) is 68.0 cm³/mol. The van der Waals surface area contributed by atoms with Crippen molar-refractivity contribution in [1.82, 2.24) is 19.5 Å². The molecular weight excluding hydrogens is 270 g/mol. The summed E-state index contributed by atoms with van der Waals surface area (Å²) in [4.78, 5) is 42.3.